The number of ether oxygens (including phenoxy) is 1. The van der Waals surface area contributed by atoms with Gasteiger partial charge in [-0.05, 0) is 50.2 Å². The molecule has 2 aromatic rings. The van der Waals surface area contributed by atoms with Crippen molar-refractivity contribution in [1.29, 1.82) is 0 Å². The number of benzene rings is 2. The zero-order valence-electron chi connectivity index (χ0n) is 12.6. The Balaban J connectivity index is 2.01. The zero-order valence-corrected chi connectivity index (χ0v) is 14.2. The van der Waals surface area contributed by atoms with E-state index in [-0.39, 0.29) is 11.9 Å². The van der Waals surface area contributed by atoms with E-state index in [1.54, 1.807) is 0 Å². The fourth-order valence-corrected chi connectivity index (χ4v) is 2.22. The number of halogens is 1. The molecule has 0 aliphatic rings. The molecule has 0 spiro atoms. The van der Waals surface area contributed by atoms with Crippen molar-refractivity contribution in [3.63, 3.8) is 0 Å². The Bertz CT molecular complexity index is 629. The van der Waals surface area contributed by atoms with Crippen molar-refractivity contribution in [2.45, 2.75) is 19.9 Å². The molecule has 0 aromatic heterocycles. The molecule has 0 radical (unpaired) electrons. The van der Waals surface area contributed by atoms with Gasteiger partial charge in [0.2, 0.25) is 5.91 Å². The van der Waals surface area contributed by atoms with E-state index in [1.165, 1.54) is 0 Å². The van der Waals surface area contributed by atoms with Crippen LogP contribution in [-0.2, 0) is 4.79 Å². The van der Waals surface area contributed by atoms with Crippen LogP contribution < -0.4 is 15.4 Å². The van der Waals surface area contributed by atoms with E-state index < -0.39 is 0 Å². The Morgan fingerprint density at radius 2 is 1.86 bits per heavy atom. The van der Waals surface area contributed by atoms with Gasteiger partial charge in [0.05, 0.1) is 12.3 Å². The van der Waals surface area contributed by atoms with Crippen molar-refractivity contribution in [2.75, 3.05) is 17.2 Å². The number of rotatable bonds is 6. The van der Waals surface area contributed by atoms with E-state index in [1.807, 2.05) is 62.4 Å². The molecule has 2 aromatic carbocycles. The first kappa shape index (κ1) is 16.4. The van der Waals surface area contributed by atoms with Crippen molar-refractivity contribution in [3.8, 4) is 5.75 Å². The number of carbonyl (C=O) groups excluding carboxylic acids is 1. The summed E-state index contributed by atoms with van der Waals surface area (Å²) in [6.07, 6.45) is 0. The van der Waals surface area contributed by atoms with Gasteiger partial charge in [-0.15, -0.1) is 0 Å². The van der Waals surface area contributed by atoms with Crippen LogP contribution in [0.4, 0.5) is 11.4 Å². The summed E-state index contributed by atoms with van der Waals surface area (Å²) in [7, 11) is 0. The quantitative estimate of drug-likeness (QED) is 0.805. The summed E-state index contributed by atoms with van der Waals surface area (Å²) in [4.78, 5) is 12.3. The molecule has 5 heteroatoms. The first-order chi connectivity index (χ1) is 10.6. The van der Waals surface area contributed by atoms with E-state index in [9.17, 15) is 4.79 Å². The average molecular weight is 363 g/mol. The van der Waals surface area contributed by atoms with Crippen LogP contribution in [0.1, 0.15) is 13.8 Å². The highest BCUT2D eigenvalue weighted by atomic mass is 79.9. The van der Waals surface area contributed by atoms with Crippen LogP contribution in [0.5, 0.6) is 5.75 Å². The standard InChI is InChI=1S/C17H19BrN2O2/c1-3-22-16-7-5-4-6-15(16)20-17(21)12(2)19-14-10-8-13(18)9-11-14/h4-12,19H,3H2,1-2H3,(H,20,21). The number of para-hydroxylation sites is 2. The molecule has 1 unspecified atom stereocenters. The third-order valence-corrected chi connectivity index (χ3v) is 3.59. The lowest BCUT2D eigenvalue weighted by Gasteiger charge is -2.17. The molecule has 116 valence electrons. The first-order valence-corrected chi connectivity index (χ1v) is 7.94. The van der Waals surface area contributed by atoms with E-state index in [4.69, 9.17) is 4.74 Å². The molecular weight excluding hydrogens is 344 g/mol. The van der Waals surface area contributed by atoms with Crippen molar-refractivity contribution in [2.24, 2.45) is 0 Å². The first-order valence-electron chi connectivity index (χ1n) is 7.15. The lowest BCUT2D eigenvalue weighted by Crippen LogP contribution is -2.32. The van der Waals surface area contributed by atoms with E-state index in [0.717, 1.165) is 10.2 Å². The Hall–Kier alpha value is -2.01. The maximum Gasteiger partial charge on any atom is 0.246 e. The van der Waals surface area contributed by atoms with Gasteiger partial charge >= 0.3 is 0 Å². The largest absolute Gasteiger partial charge is 0.492 e. The van der Waals surface area contributed by atoms with E-state index in [2.05, 4.69) is 26.6 Å². The predicted octanol–water partition coefficient (Wildman–Crippen LogP) is 4.29. The second-order valence-corrected chi connectivity index (χ2v) is 5.71. The highest BCUT2D eigenvalue weighted by Crippen LogP contribution is 2.24. The zero-order chi connectivity index (χ0) is 15.9. The highest BCUT2D eigenvalue weighted by molar-refractivity contribution is 9.10. The minimum atomic E-state index is -0.365. The summed E-state index contributed by atoms with van der Waals surface area (Å²) in [6.45, 7) is 4.29. The maximum atomic E-state index is 12.3. The number of anilines is 2. The maximum absolute atomic E-state index is 12.3. The Kier molecular flexibility index (Phi) is 5.83. The normalized spacial score (nSPS) is 11.6. The molecule has 1 amide bonds. The van der Waals surface area contributed by atoms with Gasteiger partial charge in [0.25, 0.3) is 0 Å². The molecule has 2 N–H and O–H groups in total. The van der Waals surface area contributed by atoms with Crippen LogP contribution >= 0.6 is 15.9 Å². The Morgan fingerprint density at radius 1 is 1.18 bits per heavy atom. The van der Waals surface area contributed by atoms with Gasteiger partial charge in [0.15, 0.2) is 0 Å². The lowest BCUT2D eigenvalue weighted by atomic mass is 10.2. The Morgan fingerprint density at radius 3 is 2.55 bits per heavy atom. The van der Waals surface area contributed by atoms with Crippen LogP contribution in [0.2, 0.25) is 0 Å². The highest BCUT2D eigenvalue weighted by Gasteiger charge is 2.14. The van der Waals surface area contributed by atoms with Gasteiger partial charge in [-0.3, -0.25) is 4.79 Å². The fourth-order valence-electron chi connectivity index (χ4n) is 1.95. The molecule has 0 saturated heterocycles. The summed E-state index contributed by atoms with van der Waals surface area (Å²) in [5.41, 5.74) is 1.57. The van der Waals surface area contributed by atoms with Gasteiger partial charge in [-0.1, -0.05) is 28.1 Å². The van der Waals surface area contributed by atoms with Gasteiger partial charge in [-0.25, -0.2) is 0 Å². The smallest absolute Gasteiger partial charge is 0.246 e. The molecule has 22 heavy (non-hydrogen) atoms. The molecular formula is C17H19BrN2O2. The third-order valence-electron chi connectivity index (χ3n) is 3.07. The number of nitrogens with one attached hydrogen (secondary N) is 2. The lowest BCUT2D eigenvalue weighted by molar-refractivity contribution is -0.116. The van der Waals surface area contributed by atoms with Crippen molar-refractivity contribution < 1.29 is 9.53 Å². The molecule has 0 heterocycles. The minimum Gasteiger partial charge on any atom is -0.492 e. The second kappa shape index (κ2) is 7.84. The topological polar surface area (TPSA) is 50.4 Å². The third kappa shape index (κ3) is 4.49. The van der Waals surface area contributed by atoms with Crippen molar-refractivity contribution >= 4 is 33.2 Å². The molecule has 0 aliphatic carbocycles. The number of hydrogen-bond donors (Lipinski definition) is 2. The van der Waals surface area contributed by atoms with Crippen LogP contribution in [0.15, 0.2) is 53.0 Å². The molecule has 1 atom stereocenters. The summed E-state index contributed by atoms with van der Waals surface area (Å²) >= 11 is 3.39. The van der Waals surface area contributed by atoms with Crippen LogP contribution in [0, 0.1) is 0 Å². The summed E-state index contributed by atoms with van der Waals surface area (Å²) in [5.74, 6) is 0.560. The van der Waals surface area contributed by atoms with Crippen molar-refractivity contribution in [1.82, 2.24) is 0 Å². The summed E-state index contributed by atoms with van der Waals surface area (Å²) < 4.78 is 6.51. The summed E-state index contributed by atoms with van der Waals surface area (Å²) in [6, 6.07) is 14.7. The SMILES string of the molecule is CCOc1ccccc1NC(=O)C(C)Nc1ccc(Br)cc1. The molecule has 0 bridgehead atoms. The summed E-state index contributed by atoms with van der Waals surface area (Å²) in [5, 5.41) is 6.06. The van der Waals surface area contributed by atoms with Gasteiger partial charge < -0.3 is 15.4 Å². The van der Waals surface area contributed by atoms with Crippen molar-refractivity contribution in [3.05, 3.63) is 53.0 Å². The monoisotopic (exact) mass is 362 g/mol. The fraction of sp³-hybridized carbons (Fsp3) is 0.235. The van der Waals surface area contributed by atoms with E-state index >= 15 is 0 Å². The van der Waals surface area contributed by atoms with Crippen LogP contribution in [0.25, 0.3) is 0 Å². The molecule has 0 aliphatic heterocycles. The molecule has 0 fully saturated rings. The number of hydrogen-bond acceptors (Lipinski definition) is 3. The van der Waals surface area contributed by atoms with Gasteiger partial charge in [0.1, 0.15) is 11.8 Å². The molecule has 0 saturated carbocycles. The van der Waals surface area contributed by atoms with Gasteiger partial charge in [0, 0.05) is 10.2 Å². The van der Waals surface area contributed by atoms with Gasteiger partial charge in [-0.2, -0.15) is 0 Å². The number of amides is 1. The van der Waals surface area contributed by atoms with Crippen LogP contribution in [0.3, 0.4) is 0 Å². The number of carbonyl (C=O) groups is 1. The Labute approximate surface area is 139 Å². The van der Waals surface area contributed by atoms with E-state index in [0.29, 0.717) is 18.0 Å². The molecule has 2 rings (SSSR count). The average Bonchev–Trinajstić information content (AvgIpc) is 2.51. The molecule has 4 nitrogen and oxygen atoms in total. The second-order valence-electron chi connectivity index (χ2n) is 4.79. The predicted molar refractivity (Wildman–Crippen MR) is 93.5 cm³/mol. The van der Waals surface area contributed by atoms with Crippen LogP contribution in [-0.4, -0.2) is 18.6 Å². The minimum absolute atomic E-state index is 0.116.